The SMILES string of the molecule is Cc1cc(C(Br)Br)nc2nc(NC(=O)c3ccccc3)ccc12. The lowest BCUT2D eigenvalue weighted by Gasteiger charge is -2.09. The van der Waals surface area contributed by atoms with E-state index in [0.717, 1.165) is 16.6 Å². The molecule has 0 atom stereocenters. The van der Waals surface area contributed by atoms with Crippen molar-refractivity contribution in [2.24, 2.45) is 0 Å². The van der Waals surface area contributed by atoms with E-state index in [4.69, 9.17) is 0 Å². The summed E-state index contributed by atoms with van der Waals surface area (Å²) in [5.41, 5.74) is 3.12. The van der Waals surface area contributed by atoms with Crippen LogP contribution < -0.4 is 5.32 Å². The van der Waals surface area contributed by atoms with Gasteiger partial charge in [0, 0.05) is 10.9 Å². The van der Waals surface area contributed by atoms with Crippen LogP contribution in [0.3, 0.4) is 0 Å². The maximum atomic E-state index is 12.2. The number of alkyl halides is 2. The smallest absolute Gasteiger partial charge is 0.256 e. The fraction of sp³-hybridized carbons (Fsp3) is 0.118. The van der Waals surface area contributed by atoms with Crippen molar-refractivity contribution in [3.8, 4) is 0 Å². The Balaban J connectivity index is 1.95. The Labute approximate surface area is 150 Å². The molecule has 0 spiro atoms. The Hall–Kier alpha value is -1.79. The number of aryl methyl sites for hydroxylation is 1. The summed E-state index contributed by atoms with van der Waals surface area (Å²) >= 11 is 6.90. The molecule has 0 unspecified atom stereocenters. The number of rotatable bonds is 3. The number of halogens is 2. The highest BCUT2D eigenvalue weighted by molar-refractivity contribution is 9.24. The summed E-state index contributed by atoms with van der Waals surface area (Å²) in [7, 11) is 0. The minimum Gasteiger partial charge on any atom is -0.306 e. The van der Waals surface area contributed by atoms with Crippen LogP contribution >= 0.6 is 31.9 Å². The molecule has 1 aromatic carbocycles. The van der Waals surface area contributed by atoms with Crippen LogP contribution in [0.4, 0.5) is 5.82 Å². The van der Waals surface area contributed by atoms with Crippen LogP contribution in [0.2, 0.25) is 0 Å². The Bertz CT molecular complexity index is 866. The topological polar surface area (TPSA) is 54.9 Å². The highest BCUT2D eigenvalue weighted by Crippen LogP contribution is 2.30. The lowest BCUT2D eigenvalue weighted by molar-refractivity contribution is 0.102. The van der Waals surface area contributed by atoms with E-state index in [-0.39, 0.29) is 9.64 Å². The summed E-state index contributed by atoms with van der Waals surface area (Å²) in [4.78, 5) is 21.2. The molecular weight excluding hydrogens is 422 g/mol. The lowest BCUT2D eigenvalue weighted by Crippen LogP contribution is -2.13. The molecule has 0 fully saturated rings. The van der Waals surface area contributed by atoms with Gasteiger partial charge in [-0.25, -0.2) is 9.97 Å². The second-order valence-electron chi connectivity index (χ2n) is 5.05. The van der Waals surface area contributed by atoms with E-state index in [0.29, 0.717) is 17.0 Å². The largest absolute Gasteiger partial charge is 0.306 e. The van der Waals surface area contributed by atoms with Crippen molar-refractivity contribution in [1.82, 2.24) is 9.97 Å². The molecule has 6 heteroatoms. The number of hydrogen-bond acceptors (Lipinski definition) is 3. The van der Waals surface area contributed by atoms with Crippen LogP contribution in [-0.2, 0) is 0 Å². The molecule has 4 nitrogen and oxygen atoms in total. The number of carbonyl (C=O) groups is 1. The van der Waals surface area contributed by atoms with Crippen molar-refractivity contribution < 1.29 is 4.79 Å². The summed E-state index contributed by atoms with van der Waals surface area (Å²) < 4.78 is -0.0394. The number of hydrogen-bond donors (Lipinski definition) is 1. The number of benzene rings is 1. The molecule has 0 aliphatic carbocycles. The van der Waals surface area contributed by atoms with Gasteiger partial charge in [0.15, 0.2) is 5.65 Å². The Morgan fingerprint density at radius 1 is 1.09 bits per heavy atom. The van der Waals surface area contributed by atoms with E-state index >= 15 is 0 Å². The zero-order chi connectivity index (χ0) is 16.4. The average Bonchev–Trinajstić information content (AvgIpc) is 2.55. The van der Waals surface area contributed by atoms with Crippen molar-refractivity contribution in [3.05, 3.63) is 65.4 Å². The maximum absolute atomic E-state index is 12.2. The third-order valence-electron chi connectivity index (χ3n) is 3.40. The molecule has 1 amide bonds. The first kappa shape index (κ1) is 16.1. The van der Waals surface area contributed by atoms with Gasteiger partial charge < -0.3 is 5.32 Å². The molecule has 0 aliphatic rings. The fourth-order valence-electron chi connectivity index (χ4n) is 2.25. The van der Waals surface area contributed by atoms with Crippen LogP contribution in [0, 0.1) is 6.92 Å². The Morgan fingerprint density at radius 3 is 2.52 bits per heavy atom. The molecule has 0 saturated heterocycles. The van der Waals surface area contributed by atoms with E-state index in [1.54, 1.807) is 18.2 Å². The average molecular weight is 435 g/mol. The van der Waals surface area contributed by atoms with Gasteiger partial charge in [-0.15, -0.1) is 0 Å². The molecule has 0 bridgehead atoms. The van der Waals surface area contributed by atoms with Gasteiger partial charge in [0.1, 0.15) is 9.55 Å². The predicted octanol–water partition coefficient (Wildman–Crippen LogP) is 4.98. The van der Waals surface area contributed by atoms with E-state index in [2.05, 4.69) is 47.1 Å². The molecule has 3 aromatic rings. The van der Waals surface area contributed by atoms with Gasteiger partial charge in [0.25, 0.3) is 5.91 Å². The van der Waals surface area contributed by atoms with Crippen molar-refractivity contribution in [3.63, 3.8) is 0 Å². The van der Waals surface area contributed by atoms with Gasteiger partial charge in [-0.1, -0.05) is 50.1 Å². The van der Waals surface area contributed by atoms with Gasteiger partial charge in [-0.3, -0.25) is 4.79 Å². The third-order valence-corrected chi connectivity index (χ3v) is 4.34. The zero-order valence-corrected chi connectivity index (χ0v) is 15.4. The maximum Gasteiger partial charge on any atom is 0.256 e. The number of pyridine rings is 2. The summed E-state index contributed by atoms with van der Waals surface area (Å²) in [6.45, 7) is 2.01. The van der Waals surface area contributed by atoms with Crippen LogP contribution in [0.1, 0.15) is 25.4 Å². The van der Waals surface area contributed by atoms with Gasteiger partial charge in [0.05, 0.1) is 5.69 Å². The van der Waals surface area contributed by atoms with Gasteiger partial charge >= 0.3 is 0 Å². The first-order chi connectivity index (χ1) is 11.0. The number of fused-ring (bicyclic) bond motifs is 1. The highest BCUT2D eigenvalue weighted by Gasteiger charge is 2.11. The highest BCUT2D eigenvalue weighted by atomic mass is 79.9. The number of aromatic nitrogens is 2. The van der Waals surface area contributed by atoms with Crippen molar-refractivity contribution in [2.45, 2.75) is 10.7 Å². The summed E-state index contributed by atoms with van der Waals surface area (Å²) in [5.74, 6) is 0.292. The zero-order valence-electron chi connectivity index (χ0n) is 12.3. The van der Waals surface area contributed by atoms with Gasteiger partial charge in [-0.2, -0.15) is 0 Å². The molecule has 0 aliphatic heterocycles. The molecule has 2 aromatic heterocycles. The number of nitrogens with one attached hydrogen (secondary N) is 1. The second kappa shape index (κ2) is 6.76. The molecule has 2 heterocycles. The summed E-state index contributed by atoms with van der Waals surface area (Å²) in [6.07, 6.45) is 0. The fourth-order valence-corrected chi connectivity index (χ4v) is 2.72. The van der Waals surface area contributed by atoms with Gasteiger partial charge in [-0.05, 0) is 42.8 Å². The third kappa shape index (κ3) is 3.59. The Kier molecular flexibility index (Phi) is 4.73. The lowest BCUT2D eigenvalue weighted by atomic mass is 10.1. The van der Waals surface area contributed by atoms with E-state index in [1.165, 1.54) is 0 Å². The first-order valence-electron chi connectivity index (χ1n) is 6.97. The predicted molar refractivity (Wildman–Crippen MR) is 99.3 cm³/mol. The monoisotopic (exact) mass is 433 g/mol. The summed E-state index contributed by atoms with van der Waals surface area (Å²) in [6, 6.07) is 14.8. The van der Waals surface area contributed by atoms with Crippen LogP contribution in [0.25, 0.3) is 11.0 Å². The normalized spacial score (nSPS) is 11.0. The van der Waals surface area contributed by atoms with E-state index in [9.17, 15) is 4.79 Å². The molecule has 0 radical (unpaired) electrons. The number of carbonyl (C=O) groups excluding carboxylic acids is 1. The number of anilines is 1. The quantitative estimate of drug-likeness (QED) is 0.591. The first-order valence-corrected chi connectivity index (χ1v) is 8.80. The number of nitrogens with zero attached hydrogens (tertiary/aromatic N) is 2. The second-order valence-corrected chi connectivity index (χ2v) is 8.11. The minimum atomic E-state index is -0.191. The van der Waals surface area contributed by atoms with Crippen LogP contribution in [0.15, 0.2) is 48.5 Å². The van der Waals surface area contributed by atoms with Crippen LogP contribution in [-0.4, -0.2) is 15.9 Å². The van der Waals surface area contributed by atoms with Crippen molar-refractivity contribution in [1.29, 1.82) is 0 Å². The molecule has 3 rings (SSSR count). The molecule has 116 valence electrons. The van der Waals surface area contributed by atoms with E-state index < -0.39 is 0 Å². The molecule has 23 heavy (non-hydrogen) atoms. The molecular formula is C17H13Br2N3O. The van der Waals surface area contributed by atoms with Crippen molar-refractivity contribution in [2.75, 3.05) is 5.32 Å². The molecule has 1 N–H and O–H groups in total. The van der Waals surface area contributed by atoms with Gasteiger partial charge in [0.2, 0.25) is 0 Å². The van der Waals surface area contributed by atoms with E-state index in [1.807, 2.05) is 37.3 Å². The summed E-state index contributed by atoms with van der Waals surface area (Å²) in [5, 5.41) is 3.77. The van der Waals surface area contributed by atoms with Crippen LogP contribution in [0.5, 0.6) is 0 Å². The minimum absolute atomic E-state index is 0.0394. The van der Waals surface area contributed by atoms with Crippen molar-refractivity contribution >= 4 is 54.6 Å². The standard InChI is InChI=1S/C17H13Br2N3O/c1-10-9-13(15(18)19)20-16-12(10)7-8-14(21-16)22-17(23)11-5-3-2-4-6-11/h2-9,15H,1H3,(H,20,21,22,23). The Morgan fingerprint density at radius 2 is 1.83 bits per heavy atom. The molecule has 0 saturated carbocycles. The number of amides is 1.